The Labute approximate surface area is 106 Å². The van der Waals surface area contributed by atoms with Gasteiger partial charge >= 0.3 is 11.8 Å². The van der Waals surface area contributed by atoms with Gasteiger partial charge in [0, 0.05) is 33.2 Å². The first-order chi connectivity index (χ1) is 8.54. The topological polar surface area (TPSA) is 113 Å². The number of aliphatic hydroxyl groups excluding tert-OH is 1. The number of hydrogen-bond donors (Lipinski definition) is 3. The lowest BCUT2D eigenvalue weighted by Gasteiger charge is -2.17. The van der Waals surface area contributed by atoms with E-state index in [-0.39, 0.29) is 19.7 Å². The summed E-state index contributed by atoms with van der Waals surface area (Å²) in [6, 6.07) is 0. The molecular weight excluding hydrogens is 238 g/mol. The molecule has 0 spiro atoms. The molecule has 0 aromatic heterocycles. The third kappa shape index (κ3) is 6.31. The van der Waals surface area contributed by atoms with Gasteiger partial charge in [0.25, 0.3) is 0 Å². The molecule has 3 amide bonds. The van der Waals surface area contributed by atoms with E-state index < -0.39 is 17.7 Å². The van der Waals surface area contributed by atoms with Gasteiger partial charge in [-0.1, -0.05) is 0 Å². The third-order valence-corrected chi connectivity index (χ3v) is 2.29. The van der Waals surface area contributed by atoms with Crippen LogP contribution in [-0.2, 0) is 14.4 Å². The molecule has 0 aliphatic heterocycles. The van der Waals surface area contributed by atoms with Crippen LogP contribution in [0, 0.1) is 0 Å². The molecule has 0 bridgehead atoms. The van der Waals surface area contributed by atoms with Gasteiger partial charge < -0.3 is 16.2 Å². The first-order valence-corrected chi connectivity index (χ1v) is 5.95. The minimum Gasteiger partial charge on any atom is -0.396 e. The van der Waals surface area contributed by atoms with Gasteiger partial charge in [-0.05, 0) is 19.3 Å². The Kier molecular flexibility index (Phi) is 8.77. The van der Waals surface area contributed by atoms with Crippen molar-refractivity contribution in [1.82, 2.24) is 10.2 Å². The highest BCUT2D eigenvalue weighted by Crippen LogP contribution is 1.94. The first-order valence-electron chi connectivity index (χ1n) is 5.95. The minimum absolute atomic E-state index is 0.0338. The summed E-state index contributed by atoms with van der Waals surface area (Å²) in [5, 5.41) is 11.0. The van der Waals surface area contributed by atoms with Crippen LogP contribution in [0.5, 0.6) is 0 Å². The van der Waals surface area contributed by atoms with E-state index in [1.807, 2.05) is 0 Å². The van der Waals surface area contributed by atoms with E-state index in [2.05, 4.69) is 5.32 Å². The van der Waals surface area contributed by atoms with Crippen LogP contribution >= 0.6 is 0 Å². The zero-order valence-corrected chi connectivity index (χ0v) is 10.6. The van der Waals surface area contributed by atoms with Crippen LogP contribution in [0.25, 0.3) is 0 Å². The fraction of sp³-hybridized carbons (Fsp3) is 0.727. The predicted molar refractivity (Wildman–Crippen MR) is 65.4 cm³/mol. The van der Waals surface area contributed by atoms with Crippen LogP contribution in [0.2, 0.25) is 0 Å². The van der Waals surface area contributed by atoms with Crippen LogP contribution in [0.4, 0.5) is 0 Å². The molecule has 0 aliphatic carbocycles. The van der Waals surface area contributed by atoms with Crippen molar-refractivity contribution in [3.05, 3.63) is 0 Å². The van der Waals surface area contributed by atoms with Crippen molar-refractivity contribution in [2.24, 2.45) is 5.73 Å². The first kappa shape index (κ1) is 16.5. The Morgan fingerprint density at radius 2 is 1.89 bits per heavy atom. The largest absolute Gasteiger partial charge is 0.396 e. The van der Waals surface area contributed by atoms with Crippen molar-refractivity contribution in [2.45, 2.75) is 26.2 Å². The maximum Gasteiger partial charge on any atom is 0.318 e. The molecule has 0 atom stereocenters. The van der Waals surface area contributed by atoms with E-state index in [1.165, 1.54) is 6.92 Å². The molecule has 0 rings (SSSR count). The van der Waals surface area contributed by atoms with Crippen molar-refractivity contribution < 1.29 is 19.5 Å². The fourth-order valence-corrected chi connectivity index (χ4v) is 1.34. The summed E-state index contributed by atoms with van der Waals surface area (Å²) in [5.74, 6) is -2.18. The van der Waals surface area contributed by atoms with Gasteiger partial charge in [0.15, 0.2) is 0 Å². The second-order valence-corrected chi connectivity index (χ2v) is 3.80. The number of amides is 3. The van der Waals surface area contributed by atoms with Crippen molar-refractivity contribution in [2.75, 3.05) is 26.2 Å². The number of rotatable bonds is 7. The third-order valence-electron chi connectivity index (χ3n) is 2.29. The summed E-state index contributed by atoms with van der Waals surface area (Å²) >= 11 is 0. The lowest BCUT2D eigenvalue weighted by Crippen LogP contribution is -2.47. The molecule has 0 aliphatic rings. The lowest BCUT2D eigenvalue weighted by molar-refractivity contribution is -0.151. The highest BCUT2D eigenvalue weighted by molar-refractivity contribution is 6.37. The number of hydrogen-bond acceptors (Lipinski definition) is 5. The summed E-state index contributed by atoms with van der Waals surface area (Å²) < 4.78 is 0. The lowest BCUT2D eigenvalue weighted by atomic mass is 10.2. The molecule has 0 heterocycles. The average Bonchev–Trinajstić information content (AvgIpc) is 2.34. The molecule has 0 aromatic carbocycles. The summed E-state index contributed by atoms with van der Waals surface area (Å²) in [6.45, 7) is 1.82. The molecule has 0 fully saturated rings. The molecule has 7 heteroatoms. The van der Waals surface area contributed by atoms with Crippen LogP contribution in [0.1, 0.15) is 26.2 Å². The second-order valence-electron chi connectivity index (χ2n) is 3.80. The SMILES string of the molecule is CC(=O)N(CCN)C(=O)C(=O)NCCCCCO. The number of nitrogens with zero attached hydrogens (tertiary/aromatic N) is 1. The highest BCUT2D eigenvalue weighted by Gasteiger charge is 2.23. The quantitative estimate of drug-likeness (QED) is 0.384. The molecule has 0 saturated heterocycles. The Morgan fingerprint density at radius 1 is 1.22 bits per heavy atom. The molecule has 0 unspecified atom stereocenters. The van der Waals surface area contributed by atoms with Crippen molar-refractivity contribution in [3.8, 4) is 0 Å². The zero-order chi connectivity index (χ0) is 14.0. The summed E-state index contributed by atoms with van der Waals surface area (Å²) in [4.78, 5) is 35.0. The van der Waals surface area contributed by atoms with Crippen LogP contribution in [-0.4, -0.2) is 54.0 Å². The van der Waals surface area contributed by atoms with Crippen molar-refractivity contribution in [1.29, 1.82) is 0 Å². The summed E-state index contributed by atoms with van der Waals surface area (Å²) in [7, 11) is 0. The molecular formula is C11H21N3O4. The Hall–Kier alpha value is -1.47. The summed E-state index contributed by atoms with van der Waals surface area (Å²) in [5.41, 5.74) is 5.26. The number of imide groups is 1. The van der Waals surface area contributed by atoms with Crippen molar-refractivity contribution >= 4 is 17.7 Å². The van der Waals surface area contributed by atoms with E-state index in [0.29, 0.717) is 19.4 Å². The molecule has 18 heavy (non-hydrogen) atoms. The summed E-state index contributed by atoms with van der Waals surface area (Å²) in [6.07, 6.45) is 2.11. The highest BCUT2D eigenvalue weighted by atomic mass is 16.3. The maximum atomic E-state index is 11.6. The number of carbonyl (C=O) groups is 3. The van der Waals surface area contributed by atoms with E-state index >= 15 is 0 Å². The Morgan fingerprint density at radius 3 is 2.39 bits per heavy atom. The Balaban J connectivity index is 4.07. The second kappa shape index (κ2) is 9.55. The van der Waals surface area contributed by atoms with Gasteiger partial charge in [0.2, 0.25) is 5.91 Å². The van der Waals surface area contributed by atoms with Gasteiger partial charge in [0.05, 0.1) is 0 Å². The van der Waals surface area contributed by atoms with Crippen LogP contribution in [0.15, 0.2) is 0 Å². The van der Waals surface area contributed by atoms with E-state index in [4.69, 9.17) is 10.8 Å². The number of nitrogens with two attached hydrogens (primary N) is 1. The van der Waals surface area contributed by atoms with Crippen LogP contribution in [0.3, 0.4) is 0 Å². The van der Waals surface area contributed by atoms with Gasteiger partial charge in [-0.2, -0.15) is 0 Å². The molecule has 4 N–H and O–H groups in total. The normalized spacial score (nSPS) is 9.94. The van der Waals surface area contributed by atoms with E-state index in [1.54, 1.807) is 0 Å². The standard InChI is InChI=1S/C11H21N3O4/c1-9(16)14(7-5-12)11(18)10(17)13-6-3-2-4-8-15/h15H,2-8,12H2,1H3,(H,13,17). The Bertz CT molecular complexity index is 294. The van der Waals surface area contributed by atoms with Gasteiger partial charge in [-0.3, -0.25) is 19.3 Å². The van der Waals surface area contributed by atoms with Crippen LogP contribution < -0.4 is 11.1 Å². The van der Waals surface area contributed by atoms with Gasteiger partial charge in [-0.15, -0.1) is 0 Å². The van der Waals surface area contributed by atoms with Crippen molar-refractivity contribution in [3.63, 3.8) is 0 Å². The molecule has 0 saturated carbocycles. The van der Waals surface area contributed by atoms with E-state index in [9.17, 15) is 14.4 Å². The zero-order valence-electron chi connectivity index (χ0n) is 10.6. The monoisotopic (exact) mass is 259 g/mol. The molecule has 0 radical (unpaired) electrons. The molecule has 0 aromatic rings. The number of unbranched alkanes of at least 4 members (excludes halogenated alkanes) is 2. The molecule has 7 nitrogen and oxygen atoms in total. The average molecular weight is 259 g/mol. The smallest absolute Gasteiger partial charge is 0.318 e. The minimum atomic E-state index is -0.880. The number of carbonyl (C=O) groups excluding carboxylic acids is 3. The van der Waals surface area contributed by atoms with Gasteiger partial charge in [-0.25, -0.2) is 0 Å². The van der Waals surface area contributed by atoms with E-state index in [0.717, 1.165) is 11.3 Å². The van der Waals surface area contributed by atoms with Gasteiger partial charge in [0.1, 0.15) is 0 Å². The fourth-order valence-electron chi connectivity index (χ4n) is 1.34. The molecule has 104 valence electrons. The number of nitrogens with one attached hydrogen (secondary N) is 1. The predicted octanol–water partition coefficient (Wildman–Crippen LogP) is -1.40. The maximum absolute atomic E-state index is 11.6. The number of aliphatic hydroxyl groups is 1.